The van der Waals surface area contributed by atoms with Crippen LogP contribution in [0.4, 0.5) is 5.00 Å². The third-order valence-corrected chi connectivity index (χ3v) is 5.34. The fourth-order valence-corrected chi connectivity index (χ4v) is 3.76. The van der Waals surface area contributed by atoms with Gasteiger partial charge >= 0.3 is 11.9 Å². The number of amides is 1. The number of carbonyl (C=O) groups excluding carboxylic acids is 3. The summed E-state index contributed by atoms with van der Waals surface area (Å²) in [5.74, 6) is -1.37. The molecule has 6 nitrogen and oxygen atoms in total. The van der Waals surface area contributed by atoms with Gasteiger partial charge < -0.3 is 14.8 Å². The lowest BCUT2D eigenvalue weighted by atomic mass is 10.1. The topological polar surface area (TPSA) is 81.7 Å². The van der Waals surface area contributed by atoms with E-state index in [9.17, 15) is 14.4 Å². The maximum absolute atomic E-state index is 12.3. The van der Waals surface area contributed by atoms with Crippen LogP contribution in [0.2, 0.25) is 0 Å². The van der Waals surface area contributed by atoms with E-state index in [2.05, 4.69) is 5.32 Å². The fourth-order valence-electron chi connectivity index (χ4n) is 2.63. The quantitative estimate of drug-likeness (QED) is 0.726. The van der Waals surface area contributed by atoms with Crippen LogP contribution in [0.25, 0.3) is 0 Å². The first-order chi connectivity index (χ1) is 12.9. The van der Waals surface area contributed by atoms with E-state index in [0.717, 1.165) is 17.8 Å². The van der Waals surface area contributed by atoms with Crippen molar-refractivity contribution in [3.05, 3.63) is 51.4 Å². The van der Waals surface area contributed by atoms with Gasteiger partial charge in [-0.05, 0) is 37.8 Å². The van der Waals surface area contributed by atoms with E-state index in [-0.39, 0.29) is 16.3 Å². The van der Waals surface area contributed by atoms with Crippen LogP contribution >= 0.6 is 11.3 Å². The van der Waals surface area contributed by atoms with E-state index in [1.165, 1.54) is 25.3 Å². The molecule has 0 aliphatic heterocycles. The number of nitrogens with one attached hydrogen (secondary N) is 1. The average Bonchev–Trinajstić information content (AvgIpc) is 2.98. The first-order valence-corrected chi connectivity index (χ1v) is 9.34. The molecule has 0 radical (unpaired) electrons. The van der Waals surface area contributed by atoms with Crippen molar-refractivity contribution >= 4 is 34.2 Å². The largest absolute Gasteiger partial charge is 0.465 e. The van der Waals surface area contributed by atoms with Crippen molar-refractivity contribution in [2.24, 2.45) is 0 Å². The lowest BCUT2D eigenvalue weighted by Crippen LogP contribution is -2.14. The lowest BCUT2D eigenvalue weighted by molar-refractivity contribution is -0.116. The van der Waals surface area contributed by atoms with E-state index in [4.69, 9.17) is 9.47 Å². The minimum Gasteiger partial charge on any atom is -0.465 e. The van der Waals surface area contributed by atoms with Crippen molar-refractivity contribution < 1.29 is 23.9 Å². The number of aryl methyl sites for hydroxylation is 2. The molecule has 1 aromatic carbocycles. The van der Waals surface area contributed by atoms with Gasteiger partial charge in [0.15, 0.2) is 0 Å². The second-order valence-electron chi connectivity index (χ2n) is 6.13. The Morgan fingerprint density at radius 2 is 1.63 bits per heavy atom. The molecule has 1 aromatic heterocycles. The summed E-state index contributed by atoms with van der Waals surface area (Å²) in [7, 11) is 2.52. The highest BCUT2D eigenvalue weighted by Gasteiger charge is 2.26. The monoisotopic (exact) mass is 389 g/mol. The van der Waals surface area contributed by atoms with Gasteiger partial charge in [-0.3, -0.25) is 4.79 Å². The molecule has 1 amide bonds. The molecule has 0 atom stereocenters. The van der Waals surface area contributed by atoms with Crippen molar-refractivity contribution in [1.82, 2.24) is 0 Å². The zero-order valence-corrected chi connectivity index (χ0v) is 16.7. The van der Waals surface area contributed by atoms with Crippen LogP contribution in [0, 0.1) is 13.8 Å². The summed E-state index contributed by atoms with van der Waals surface area (Å²) in [4.78, 5) is 36.5. The number of anilines is 1. The molecule has 144 valence electrons. The molecular formula is C20H23NO5S. The molecule has 0 aliphatic rings. The zero-order chi connectivity index (χ0) is 20.0. The Kier molecular flexibility index (Phi) is 7.12. The highest BCUT2D eigenvalue weighted by molar-refractivity contribution is 7.18. The van der Waals surface area contributed by atoms with E-state index >= 15 is 0 Å². The Hall–Kier alpha value is -2.67. The van der Waals surface area contributed by atoms with Gasteiger partial charge in [0, 0.05) is 6.42 Å². The van der Waals surface area contributed by atoms with Crippen LogP contribution in [0.3, 0.4) is 0 Å². The Bertz CT molecular complexity index is 839. The SMILES string of the molecule is COC(=O)c1sc(NC(=O)CCCc2ccc(C)cc2)c(C(=O)OC)c1C. The van der Waals surface area contributed by atoms with Crippen LogP contribution in [-0.2, 0) is 20.7 Å². The van der Waals surface area contributed by atoms with Gasteiger partial charge in [-0.15, -0.1) is 11.3 Å². The second kappa shape index (κ2) is 9.32. The Balaban J connectivity index is 2.06. The molecule has 1 heterocycles. The summed E-state index contributed by atoms with van der Waals surface area (Å²) in [5, 5.41) is 3.04. The van der Waals surface area contributed by atoms with Crippen molar-refractivity contribution in [3.63, 3.8) is 0 Å². The van der Waals surface area contributed by atoms with Gasteiger partial charge in [0.05, 0.1) is 19.8 Å². The van der Waals surface area contributed by atoms with Crippen molar-refractivity contribution in [2.75, 3.05) is 19.5 Å². The van der Waals surface area contributed by atoms with Crippen LogP contribution in [0.15, 0.2) is 24.3 Å². The van der Waals surface area contributed by atoms with Gasteiger partial charge in [-0.25, -0.2) is 9.59 Å². The van der Waals surface area contributed by atoms with Gasteiger partial charge in [0.2, 0.25) is 5.91 Å². The third kappa shape index (κ3) is 5.17. The minimum absolute atomic E-state index is 0.190. The molecule has 7 heteroatoms. The highest BCUT2D eigenvalue weighted by Crippen LogP contribution is 2.34. The van der Waals surface area contributed by atoms with E-state index in [0.29, 0.717) is 23.4 Å². The number of esters is 2. The Morgan fingerprint density at radius 3 is 2.22 bits per heavy atom. The molecule has 0 aliphatic carbocycles. The first kappa shape index (κ1) is 20.6. The summed E-state index contributed by atoms with van der Waals surface area (Å²) in [5.41, 5.74) is 2.99. The molecule has 0 bridgehead atoms. The number of ether oxygens (including phenoxy) is 2. The fraction of sp³-hybridized carbons (Fsp3) is 0.350. The molecule has 0 unspecified atom stereocenters. The molecule has 1 N–H and O–H groups in total. The molecule has 27 heavy (non-hydrogen) atoms. The Morgan fingerprint density at radius 1 is 1.00 bits per heavy atom. The Labute approximate surface area is 162 Å². The summed E-state index contributed by atoms with van der Waals surface area (Å²) in [6.45, 7) is 3.66. The van der Waals surface area contributed by atoms with Crippen LogP contribution in [0.5, 0.6) is 0 Å². The summed E-state index contributed by atoms with van der Waals surface area (Å²) < 4.78 is 9.51. The van der Waals surface area contributed by atoms with E-state index in [1.807, 2.05) is 31.2 Å². The summed E-state index contributed by atoms with van der Waals surface area (Å²) in [6.07, 6.45) is 1.77. The first-order valence-electron chi connectivity index (χ1n) is 8.52. The van der Waals surface area contributed by atoms with Crippen molar-refractivity contribution in [1.29, 1.82) is 0 Å². The maximum atomic E-state index is 12.3. The minimum atomic E-state index is -0.603. The van der Waals surface area contributed by atoms with E-state index < -0.39 is 11.9 Å². The number of thiophene rings is 1. The number of hydrogen-bond acceptors (Lipinski definition) is 6. The number of rotatable bonds is 7. The molecular weight excluding hydrogens is 366 g/mol. The van der Waals surface area contributed by atoms with Gasteiger partial charge in [0.1, 0.15) is 9.88 Å². The second-order valence-corrected chi connectivity index (χ2v) is 7.15. The number of carbonyl (C=O) groups is 3. The van der Waals surface area contributed by atoms with Gasteiger partial charge in [-0.1, -0.05) is 29.8 Å². The summed E-state index contributed by atoms with van der Waals surface area (Å²) >= 11 is 1.01. The van der Waals surface area contributed by atoms with Crippen LogP contribution in [-0.4, -0.2) is 32.1 Å². The third-order valence-electron chi connectivity index (χ3n) is 4.15. The standard InChI is InChI=1S/C20H23NO5S/c1-12-8-10-14(11-9-12)6-5-7-15(22)21-18-16(19(23)25-3)13(2)17(27-18)20(24)26-4/h8-11H,5-7H2,1-4H3,(H,21,22). The molecule has 0 saturated heterocycles. The number of benzene rings is 1. The van der Waals surface area contributed by atoms with Gasteiger partial charge in [0.25, 0.3) is 0 Å². The summed E-state index contributed by atoms with van der Waals surface area (Å²) in [6, 6.07) is 8.18. The van der Waals surface area contributed by atoms with Crippen LogP contribution in [0.1, 0.15) is 49.6 Å². The normalized spacial score (nSPS) is 10.4. The highest BCUT2D eigenvalue weighted by atomic mass is 32.1. The predicted octanol–water partition coefficient (Wildman–Crippen LogP) is 3.90. The molecule has 2 rings (SSSR count). The lowest BCUT2D eigenvalue weighted by Gasteiger charge is -2.06. The molecule has 2 aromatic rings. The van der Waals surface area contributed by atoms with Crippen molar-refractivity contribution in [3.8, 4) is 0 Å². The molecule has 0 fully saturated rings. The predicted molar refractivity (Wildman–Crippen MR) is 104 cm³/mol. The molecule has 0 saturated carbocycles. The zero-order valence-electron chi connectivity index (χ0n) is 15.9. The molecule has 0 spiro atoms. The van der Waals surface area contributed by atoms with E-state index in [1.54, 1.807) is 6.92 Å². The van der Waals surface area contributed by atoms with Gasteiger partial charge in [-0.2, -0.15) is 0 Å². The smallest absolute Gasteiger partial charge is 0.348 e. The van der Waals surface area contributed by atoms with Crippen molar-refractivity contribution in [2.45, 2.75) is 33.1 Å². The number of methoxy groups -OCH3 is 2. The maximum Gasteiger partial charge on any atom is 0.348 e. The average molecular weight is 389 g/mol. The number of hydrogen-bond donors (Lipinski definition) is 1. The van der Waals surface area contributed by atoms with Crippen LogP contribution < -0.4 is 5.32 Å².